The average molecular weight is 173 g/mol. The summed E-state index contributed by atoms with van der Waals surface area (Å²) in [4.78, 5) is 0. The number of rotatable bonds is 2. The van der Waals surface area contributed by atoms with Gasteiger partial charge in [-0.1, -0.05) is 30.7 Å². The normalized spacial score (nSPS) is 16.6. The fourth-order valence-electron chi connectivity index (χ4n) is 1.89. The molecule has 1 saturated carbocycles. The van der Waals surface area contributed by atoms with Gasteiger partial charge >= 0.3 is 0 Å². The van der Waals surface area contributed by atoms with E-state index in [0.717, 1.165) is 5.92 Å². The first-order valence-corrected chi connectivity index (χ1v) is 5.12. The van der Waals surface area contributed by atoms with Crippen molar-refractivity contribution in [3.05, 3.63) is 41.8 Å². The van der Waals surface area contributed by atoms with Crippen molar-refractivity contribution in [3.63, 3.8) is 0 Å². The van der Waals surface area contributed by atoms with Gasteiger partial charge in [0.15, 0.2) is 0 Å². The number of hydrogen-bond acceptors (Lipinski definition) is 0. The SMILES string of the molecule is [CH2]C(C)c1cc(C)ccc1C1CC1. The van der Waals surface area contributed by atoms with Crippen LogP contribution in [0.1, 0.15) is 48.3 Å². The maximum Gasteiger partial charge on any atom is -0.0159 e. The van der Waals surface area contributed by atoms with Crippen molar-refractivity contribution in [1.82, 2.24) is 0 Å². The summed E-state index contributed by atoms with van der Waals surface area (Å²) in [6, 6.07) is 6.81. The fraction of sp³-hybridized carbons (Fsp3) is 0.462. The Bertz CT molecular complexity index is 306. The zero-order valence-corrected chi connectivity index (χ0v) is 8.51. The van der Waals surface area contributed by atoms with E-state index in [1.54, 1.807) is 5.56 Å². The minimum Gasteiger partial charge on any atom is -0.0590 e. The number of benzene rings is 1. The van der Waals surface area contributed by atoms with Gasteiger partial charge in [0.25, 0.3) is 0 Å². The summed E-state index contributed by atoms with van der Waals surface area (Å²) >= 11 is 0. The third kappa shape index (κ3) is 1.77. The maximum atomic E-state index is 4.12. The molecule has 1 unspecified atom stereocenters. The summed E-state index contributed by atoms with van der Waals surface area (Å²) in [5, 5.41) is 0. The van der Waals surface area contributed by atoms with Gasteiger partial charge in [0.2, 0.25) is 0 Å². The smallest absolute Gasteiger partial charge is 0.0159 e. The minimum atomic E-state index is 0.426. The molecule has 1 aromatic carbocycles. The third-order valence-electron chi connectivity index (χ3n) is 2.79. The Balaban J connectivity index is 2.41. The van der Waals surface area contributed by atoms with E-state index in [9.17, 15) is 0 Å². The van der Waals surface area contributed by atoms with Crippen molar-refractivity contribution >= 4 is 0 Å². The molecule has 0 heteroatoms. The van der Waals surface area contributed by atoms with Crippen LogP contribution in [0.4, 0.5) is 0 Å². The van der Waals surface area contributed by atoms with E-state index in [4.69, 9.17) is 0 Å². The molecule has 0 bridgehead atoms. The van der Waals surface area contributed by atoms with Crippen molar-refractivity contribution in [3.8, 4) is 0 Å². The van der Waals surface area contributed by atoms with Crippen molar-refractivity contribution in [1.29, 1.82) is 0 Å². The van der Waals surface area contributed by atoms with E-state index in [2.05, 4.69) is 39.0 Å². The zero-order chi connectivity index (χ0) is 9.42. The largest absolute Gasteiger partial charge is 0.0590 e. The van der Waals surface area contributed by atoms with Crippen LogP contribution in [0.5, 0.6) is 0 Å². The lowest BCUT2D eigenvalue weighted by Gasteiger charge is -2.12. The fourth-order valence-corrected chi connectivity index (χ4v) is 1.89. The van der Waals surface area contributed by atoms with Gasteiger partial charge in [0, 0.05) is 0 Å². The summed E-state index contributed by atoms with van der Waals surface area (Å²) < 4.78 is 0. The molecule has 0 N–H and O–H groups in total. The molecule has 1 aliphatic rings. The van der Waals surface area contributed by atoms with Gasteiger partial charge in [-0.25, -0.2) is 0 Å². The molecule has 0 aromatic heterocycles. The first-order valence-electron chi connectivity index (χ1n) is 5.12. The predicted molar refractivity (Wildman–Crippen MR) is 56.9 cm³/mol. The molecular formula is C13H17. The van der Waals surface area contributed by atoms with Crippen LogP contribution in [-0.4, -0.2) is 0 Å². The molecule has 13 heavy (non-hydrogen) atoms. The quantitative estimate of drug-likeness (QED) is 0.638. The molecule has 1 fully saturated rings. The van der Waals surface area contributed by atoms with Gasteiger partial charge in [0.1, 0.15) is 0 Å². The van der Waals surface area contributed by atoms with Gasteiger partial charge in [-0.3, -0.25) is 0 Å². The third-order valence-corrected chi connectivity index (χ3v) is 2.79. The van der Waals surface area contributed by atoms with Crippen LogP contribution in [0.15, 0.2) is 18.2 Å². The van der Waals surface area contributed by atoms with E-state index in [0.29, 0.717) is 5.92 Å². The van der Waals surface area contributed by atoms with Crippen LogP contribution >= 0.6 is 0 Å². The van der Waals surface area contributed by atoms with Crippen molar-refractivity contribution in [2.24, 2.45) is 0 Å². The zero-order valence-electron chi connectivity index (χ0n) is 8.51. The summed E-state index contributed by atoms with van der Waals surface area (Å²) in [5.74, 6) is 1.27. The van der Waals surface area contributed by atoms with Gasteiger partial charge < -0.3 is 0 Å². The lowest BCUT2D eigenvalue weighted by Crippen LogP contribution is -1.95. The second-order valence-corrected chi connectivity index (χ2v) is 4.31. The Morgan fingerprint density at radius 1 is 1.38 bits per heavy atom. The van der Waals surface area contributed by atoms with Gasteiger partial charge in [-0.05, 0) is 49.7 Å². The molecule has 0 aliphatic heterocycles. The Hall–Kier alpha value is -0.780. The highest BCUT2D eigenvalue weighted by Gasteiger charge is 2.26. The highest BCUT2D eigenvalue weighted by molar-refractivity contribution is 5.38. The van der Waals surface area contributed by atoms with Gasteiger partial charge in [0.05, 0.1) is 0 Å². The summed E-state index contributed by atoms with van der Waals surface area (Å²) in [6.07, 6.45) is 2.76. The molecular weight excluding hydrogens is 156 g/mol. The molecule has 1 aromatic rings. The molecule has 2 rings (SSSR count). The van der Waals surface area contributed by atoms with E-state index < -0.39 is 0 Å². The first-order chi connectivity index (χ1) is 6.18. The highest BCUT2D eigenvalue weighted by atomic mass is 14.3. The highest BCUT2D eigenvalue weighted by Crippen LogP contribution is 2.43. The molecule has 1 atom stereocenters. The molecule has 0 heterocycles. The summed E-state index contributed by atoms with van der Waals surface area (Å²) in [5.41, 5.74) is 4.37. The molecule has 69 valence electrons. The summed E-state index contributed by atoms with van der Waals surface area (Å²) in [7, 11) is 0. The van der Waals surface area contributed by atoms with Crippen molar-refractivity contribution < 1.29 is 0 Å². The van der Waals surface area contributed by atoms with Gasteiger partial charge in [-0.2, -0.15) is 0 Å². The van der Waals surface area contributed by atoms with Crippen LogP contribution in [0.3, 0.4) is 0 Å². The standard InChI is InChI=1S/C13H17/c1-9(2)13-8-10(3)4-7-12(13)11-5-6-11/h4,7-9,11H,1,5-6H2,2-3H3. The molecule has 0 saturated heterocycles. The van der Waals surface area contributed by atoms with Crippen LogP contribution in [0.25, 0.3) is 0 Å². The maximum absolute atomic E-state index is 4.12. The van der Waals surface area contributed by atoms with E-state index in [1.165, 1.54) is 24.0 Å². The number of aryl methyl sites for hydroxylation is 1. The second-order valence-electron chi connectivity index (χ2n) is 4.31. The Kier molecular flexibility index (Phi) is 2.15. The Morgan fingerprint density at radius 2 is 2.08 bits per heavy atom. The molecule has 0 spiro atoms. The van der Waals surface area contributed by atoms with Crippen LogP contribution in [0.2, 0.25) is 0 Å². The van der Waals surface area contributed by atoms with E-state index in [1.807, 2.05) is 0 Å². The number of hydrogen-bond donors (Lipinski definition) is 0. The Morgan fingerprint density at radius 3 is 2.62 bits per heavy atom. The molecule has 1 radical (unpaired) electrons. The first kappa shape index (κ1) is 8.80. The van der Waals surface area contributed by atoms with Crippen LogP contribution in [-0.2, 0) is 0 Å². The van der Waals surface area contributed by atoms with Crippen LogP contribution in [0, 0.1) is 13.8 Å². The lowest BCUT2D eigenvalue weighted by molar-refractivity contribution is 0.918. The Labute approximate surface area is 81.0 Å². The van der Waals surface area contributed by atoms with Gasteiger partial charge in [-0.15, -0.1) is 0 Å². The predicted octanol–water partition coefficient (Wildman–Crippen LogP) is 3.81. The van der Waals surface area contributed by atoms with E-state index >= 15 is 0 Å². The van der Waals surface area contributed by atoms with E-state index in [-0.39, 0.29) is 0 Å². The lowest BCUT2D eigenvalue weighted by atomic mass is 9.93. The van der Waals surface area contributed by atoms with Crippen LogP contribution < -0.4 is 0 Å². The van der Waals surface area contributed by atoms with Crippen molar-refractivity contribution in [2.75, 3.05) is 0 Å². The molecule has 0 nitrogen and oxygen atoms in total. The average Bonchev–Trinajstić information content (AvgIpc) is 2.87. The monoisotopic (exact) mass is 173 g/mol. The second kappa shape index (κ2) is 3.17. The summed E-state index contributed by atoms with van der Waals surface area (Å²) in [6.45, 7) is 8.46. The molecule has 0 amide bonds. The molecule has 1 aliphatic carbocycles. The minimum absolute atomic E-state index is 0.426. The van der Waals surface area contributed by atoms with Crippen molar-refractivity contribution in [2.45, 2.75) is 38.5 Å². The topological polar surface area (TPSA) is 0 Å².